The molecular formula is C29H28N4O2. The molecule has 6 rings (SSSR count). The maximum absolute atomic E-state index is 13.1. The summed E-state index contributed by atoms with van der Waals surface area (Å²) in [5.74, 6) is 0.292. The summed E-state index contributed by atoms with van der Waals surface area (Å²) in [6.45, 7) is 5.28. The average molecular weight is 465 g/mol. The zero-order valence-electron chi connectivity index (χ0n) is 19.8. The van der Waals surface area contributed by atoms with Crippen molar-refractivity contribution < 1.29 is 5.11 Å². The summed E-state index contributed by atoms with van der Waals surface area (Å²) in [5, 5.41) is 11.3. The number of benzene rings is 2. The second kappa shape index (κ2) is 8.71. The Hall–Kier alpha value is -3.90. The third-order valence-corrected chi connectivity index (χ3v) is 7.21. The summed E-state index contributed by atoms with van der Waals surface area (Å²) in [7, 11) is 0. The van der Waals surface area contributed by atoms with E-state index in [4.69, 9.17) is 0 Å². The van der Waals surface area contributed by atoms with Gasteiger partial charge in [-0.25, -0.2) is 4.98 Å². The van der Waals surface area contributed by atoms with Crippen LogP contribution < -0.4 is 5.56 Å². The topological polar surface area (TPSA) is 62.8 Å². The molecule has 176 valence electrons. The molecule has 0 unspecified atom stereocenters. The van der Waals surface area contributed by atoms with Crippen molar-refractivity contribution in [1.82, 2.24) is 18.9 Å². The van der Waals surface area contributed by atoms with E-state index >= 15 is 0 Å². The summed E-state index contributed by atoms with van der Waals surface area (Å²) in [6.07, 6.45) is 3.39. The number of aromatic nitrogens is 3. The molecule has 6 nitrogen and oxygen atoms in total. The Kier molecular flexibility index (Phi) is 5.38. The van der Waals surface area contributed by atoms with E-state index in [1.54, 1.807) is 16.7 Å². The van der Waals surface area contributed by atoms with Gasteiger partial charge in [0.2, 0.25) is 0 Å². The minimum Gasteiger partial charge on any atom is -0.508 e. The fraction of sp³-hybridized carbons (Fsp3) is 0.241. The highest BCUT2D eigenvalue weighted by molar-refractivity contribution is 5.87. The Balaban J connectivity index is 1.30. The van der Waals surface area contributed by atoms with Gasteiger partial charge >= 0.3 is 0 Å². The van der Waals surface area contributed by atoms with Crippen molar-refractivity contribution in [2.24, 2.45) is 0 Å². The molecule has 1 N–H and O–H groups in total. The lowest BCUT2D eigenvalue weighted by atomic mass is 10.0. The highest BCUT2D eigenvalue weighted by Gasteiger charge is 2.25. The third-order valence-electron chi connectivity index (χ3n) is 7.21. The van der Waals surface area contributed by atoms with E-state index in [0.717, 1.165) is 54.8 Å². The van der Waals surface area contributed by atoms with Gasteiger partial charge in [0.1, 0.15) is 11.4 Å². The van der Waals surface area contributed by atoms with Crippen LogP contribution in [0.2, 0.25) is 0 Å². The van der Waals surface area contributed by atoms with Gasteiger partial charge < -0.3 is 9.67 Å². The van der Waals surface area contributed by atoms with Crippen molar-refractivity contribution in [1.29, 1.82) is 0 Å². The van der Waals surface area contributed by atoms with Gasteiger partial charge in [0, 0.05) is 66.7 Å². The second-order valence-electron chi connectivity index (χ2n) is 9.38. The predicted octanol–water partition coefficient (Wildman–Crippen LogP) is 4.31. The van der Waals surface area contributed by atoms with E-state index in [-0.39, 0.29) is 5.56 Å². The number of aromatic hydroxyl groups is 1. The molecule has 4 heterocycles. The van der Waals surface area contributed by atoms with Crippen LogP contribution in [0.15, 0.2) is 77.7 Å². The lowest BCUT2D eigenvalue weighted by Crippen LogP contribution is -2.34. The molecule has 0 spiro atoms. The zero-order valence-corrected chi connectivity index (χ0v) is 19.8. The van der Waals surface area contributed by atoms with Crippen molar-refractivity contribution in [3.63, 3.8) is 0 Å². The first kappa shape index (κ1) is 21.6. The minimum absolute atomic E-state index is 0.0233. The molecule has 1 aliphatic heterocycles. The Bertz CT molecular complexity index is 1600. The first-order chi connectivity index (χ1) is 17.1. The normalized spacial score (nSPS) is 14.0. The zero-order chi connectivity index (χ0) is 23.9. The number of rotatable bonds is 5. The standard InChI is InChI=1S/C29H28N4O2/c1-20-23(29(35)32-14-6-5-9-28(32)30-20)12-15-31-16-13-27-25(19-31)24-17-22(34)10-11-26(24)33(27)18-21-7-3-2-4-8-21/h2-11,14,17,34H,12-13,15-16,18-19H2,1H3. The highest BCUT2D eigenvalue weighted by Crippen LogP contribution is 2.33. The molecule has 0 saturated heterocycles. The Morgan fingerprint density at radius 2 is 1.86 bits per heavy atom. The van der Waals surface area contributed by atoms with Crippen LogP contribution in [0, 0.1) is 6.92 Å². The van der Waals surface area contributed by atoms with Gasteiger partial charge in [-0.2, -0.15) is 0 Å². The lowest BCUT2D eigenvalue weighted by molar-refractivity contribution is 0.255. The predicted molar refractivity (Wildman–Crippen MR) is 138 cm³/mol. The summed E-state index contributed by atoms with van der Waals surface area (Å²) in [4.78, 5) is 20.1. The summed E-state index contributed by atoms with van der Waals surface area (Å²) < 4.78 is 4.04. The molecule has 0 aliphatic carbocycles. The average Bonchev–Trinajstić information content (AvgIpc) is 3.16. The number of nitrogens with zero attached hydrogens (tertiary/aromatic N) is 4. The number of aryl methyl sites for hydroxylation is 1. The van der Waals surface area contributed by atoms with E-state index in [0.29, 0.717) is 17.8 Å². The second-order valence-corrected chi connectivity index (χ2v) is 9.38. The van der Waals surface area contributed by atoms with Gasteiger partial charge in [-0.1, -0.05) is 36.4 Å². The number of hydrogen-bond donors (Lipinski definition) is 1. The SMILES string of the molecule is Cc1nc2ccccn2c(=O)c1CCN1CCc2c(c3cc(O)ccc3n2Cc2ccccc2)C1. The van der Waals surface area contributed by atoms with Crippen molar-refractivity contribution in [3.05, 3.63) is 111 Å². The molecule has 1 aliphatic rings. The van der Waals surface area contributed by atoms with E-state index in [2.05, 4.69) is 38.7 Å². The van der Waals surface area contributed by atoms with Gasteiger partial charge in [0.25, 0.3) is 5.56 Å². The van der Waals surface area contributed by atoms with Crippen LogP contribution in [0.25, 0.3) is 16.6 Å². The summed E-state index contributed by atoms with van der Waals surface area (Å²) >= 11 is 0. The quantitative estimate of drug-likeness (QED) is 0.421. The number of pyridine rings is 1. The van der Waals surface area contributed by atoms with E-state index in [9.17, 15) is 9.90 Å². The Morgan fingerprint density at radius 3 is 2.71 bits per heavy atom. The summed E-state index contributed by atoms with van der Waals surface area (Å²) in [5.41, 5.74) is 7.35. The van der Waals surface area contributed by atoms with Crippen molar-refractivity contribution in [3.8, 4) is 5.75 Å². The van der Waals surface area contributed by atoms with Crippen LogP contribution in [0.5, 0.6) is 5.75 Å². The van der Waals surface area contributed by atoms with Gasteiger partial charge in [0.15, 0.2) is 0 Å². The van der Waals surface area contributed by atoms with E-state index < -0.39 is 0 Å². The van der Waals surface area contributed by atoms with Crippen LogP contribution in [0.1, 0.15) is 28.1 Å². The molecule has 5 aromatic rings. The monoisotopic (exact) mass is 464 g/mol. The van der Waals surface area contributed by atoms with E-state index in [1.807, 2.05) is 43.3 Å². The number of phenolic OH excluding ortho intramolecular Hbond substituents is 1. The van der Waals surface area contributed by atoms with Gasteiger partial charge in [-0.15, -0.1) is 0 Å². The van der Waals surface area contributed by atoms with E-state index in [1.165, 1.54) is 16.8 Å². The first-order valence-electron chi connectivity index (χ1n) is 12.1. The smallest absolute Gasteiger partial charge is 0.261 e. The summed E-state index contributed by atoms with van der Waals surface area (Å²) in [6, 6.07) is 21.8. The molecule has 0 amide bonds. The molecule has 6 heteroatoms. The number of hydrogen-bond acceptors (Lipinski definition) is 4. The molecule has 35 heavy (non-hydrogen) atoms. The molecule has 0 radical (unpaired) electrons. The fourth-order valence-corrected chi connectivity index (χ4v) is 5.43. The third kappa shape index (κ3) is 3.90. The van der Waals surface area contributed by atoms with Crippen LogP contribution in [0.3, 0.4) is 0 Å². The van der Waals surface area contributed by atoms with Crippen LogP contribution >= 0.6 is 0 Å². The molecule has 0 saturated carbocycles. The highest BCUT2D eigenvalue weighted by atomic mass is 16.3. The van der Waals surface area contributed by atoms with Crippen molar-refractivity contribution >= 4 is 16.6 Å². The lowest BCUT2D eigenvalue weighted by Gasteiger charge is -2.28. The number of phenols is 1. The van der Waals surface area contributed by atoms with Crippen LogP contribution in [-0.2, 0) is 25.9 Å². The maximum Gasteiger partial charge on any atom is 0.261 e. The maximum atomic E-state index is 13.1. The number of fused-ring (bicyclic) bond motifs is 4. The molecule has 2 aromatic carbocycles. The van der Waals surface area contributed by atoms with Crippen LogP contribution in [-0.4, -0.2) is 37.0 Å². The van der Waals surface area contributed by atoms with Gasteiger partial charge in [-0.3, -0.25) is 14.1 Å². The largest absolute Gasteiger partial charge is 0.508 e. The van der Waals surface area contributed by atoms with Crippen LogP contribution in [0.4, 0.5) is 0 Å². The fourth-order valence-electron chi connectivity index (χ4n) is 5.43. The minimum atomic E-state index is 0.0233. The van der Waals surface area contributed by atoms with Gasteiger partial charge in [0.05, 0.1) is 0 Å². The molecule has 3 aromatic heterocycles. The van der Waals surface area contributed by atoms with Gasteiger partial charge in [-0.05, 0) is 54.8 Å². The Labute approximate surface area is 203 Å². The molecule has 0 atom stereocenters. The van der Waals surface area contributed by atoms with Crippen molar-refractivity contribution in [2.45, 2.75) is 32.9 Å². The first-order valence-corrected chi connectivity index (χ1v) is 12.1. The Morgan fingerprint density at radius 1 is 1.03 bits per heavy atom. The molecule has 0 bridgehead atoms. The van der Waals surface area contributed by atoms with Crippen molar-refractivity contribution in [2.75, 3.05) is 13.1 Å². The molecular weight excluding hydrogens is 436 g/mol. The molecule has 0 fully saturated rings.